The third kappa shape index (κ3) is 2.25. The Morgan fingerprint density at radius 2 is 1.81 bits per heavy atom. The highest BCUT2D eigenvalue weighted by Gasteiger charge is 2.17. The van der Waals surface area contributed by atoms with Crippen LogP contribution in [-0.2, 0) is 0 Å². The minimum Gasteiger partial charge on any atom is -0.496 e. The summed E-state index contributed by atoms with van der Waals surface area (Å²) in [6, 6.07) is 9.74. The van der Waals surface area contributed by atoms with Crippen molar-refractivity contribution in [3.63, 3.8) is 0 Å². The van der Waals surface area contributed by atoms with Crippen molar-refractivity contribution < 1.29 is 14.3 Å². The molecule has 0 saturated carbocycles. The molecular weight excluding hydrogens is 286 g/mol. The van der Waals surface area contributed by atoms with Gasteiger partial charge in [-0.15, -0.1) is 11.3 Å². The molecule has 0 aliphatic rings. The Kier molecular flexibility index (Phi) is 3.58. The molecule has 3 rings (SSSR count). The summed E-state index contributed by atoms with van der Waals surface area (Å²) in [4.78, 5) is 15.2. The van der Waals surface area contributed by atoms with Crippen LogP contribution in [0.3, 0.4) is 0 Å². The molecule has 4 nitrogen and oxygen atoms in total. The Labute approximate surface area is 126 Å². The van der Waals surface area contributed by atoms with Crippen LogP contribution in [0.4, 0.5) is 0 Å². The Morgan fingerprint density at radius 1 is 1.10 bits per heavy atom. The first kappa shape index (κ1) is 13.6. The maximum Gasteiger partial charge on any atom is 0.178 e. The molecule has 0 amide bonds. The Morgan fingerprint density at radius 3 is 2.43 bits per heavy atom. The quantitative estimate of drug-likeness (QED) is 0.688. The molecule has 0 aliphatic carbocycles. The Hall–Kier alpha value is -2.40. The van der Waals surface area contributed by atoms with Gasteiger partial charge in [-0.1, -0.05) is 24.3 Å². The topological polar surface area (TPSA) is 48.4 Å². The molecule has 0 bridgehead atoms. The van der Waals surface area contributed by atoms with Crippen LogP contribution in [-0.4, -0.2) is 25.5 Å². The van der Waals surface area contributed by atoms with Gasteiger partial charge in [0.15, 0.2) is 11.3 Å². The van der Waals surface area contributed by atoms with Crippen LogP contribution in [0.25, 0.3) is 22.0 Å². The van der Waals surface area contributed by atoms with E-state index < -0.39 is 0 Å². The summed E-state index contributed by atoms with van der Waals surface area (Å²) >= 11 is 1.32. The first-order chi connectivity index (χ1) is 10.3. The standard InChI is InChI=1S/C16H13NO3S/c1-19-13-7-14(20-2)16(11-6-4-3-5-10(11)13)12-9-21-15(8-18)17-12/h3-9H,1-2H3. The van der Waals surface area contributed by atoms with Gasteiger partial charge < -0.3 is 9.47 Å². The van der Waals surface area contributed by atoms with Gasteiger partial charge in [-0.2, -0.15) is 0 Å². The van der Waals surface area contributed by atoms with Gasteiger partial charge in [-0.25, -0.2) is 4.98 Å². The van der Waals surface area contributed by atoms with E-state index in [2.05, 4.69) is 4.98 Å². The van der Waals surface area contributed by atoms with E-state index in [1.165, 1.54) is 11.3 Å². The van der Waals surface area contributed by atoms with Crippen molar-refractivity contribution >= 4 is 28.4 Å². The maximum absolute atomic E-state index is 10.9. The maximum atomic E-state index is 10.9. The van der Waals surface area contributed by atoms with Crippen molar-refractivity contribution in [2.24, 2.45) is 0 Å². The number of thiazole rings is 1. The molecule has 0 fully saturated rings. The molecule has 21 heavy (non-hydrogen) atoms. The van der Waals surface area contributed by atoms with Gasteiger partial charge in [-0.05, 0) is 5.39 Å². The zero-order valence-electron chi connectivity index (χ0n) is 11.6. The van der Waals surface area contributed by atoms with Crippen LogP contribution < -0.4 is 9.47 Å². The van der Waals surface area contributed by atoms with Gasteiger partial charge in [0.1, 0.15) is 11.5 Å². The molecule has 0 radical (unpaired) electrons. The summed E-state index contributed by atoms with van der Waals surface area (Å²) in [5.41, 5.74) is 1.61. The number of nitrogens with zero attached hydrogens (tertiary/aromatic N) is 1. The summed E-state index contributed by atoms with van der Waals surface area (Å²) in [6.45, 7) is 0. The molecule has 3 aromatic rings. The second-order valence-electron chi connectivity index (χ2n) is 4.39. The molecular formula is C16H13NO3S. The first-order valence-corrected chi connectivity index (χ1v) is 7.21. The monoisotopic (exact) mass is 299 g/mol. The van der Waals surface area contributed by atoms with Crippen LogP contribution in [0, 0.1) is 0 Å². The molecule has 0 spiro atoms. The van der Waals surface area contributed by atoms with E-state index in [9.17, 15) is 4.79 Å². The van der Waals surface area contributed by atoms with Gasteiger partial charge in [0, 0.05) is 16.8 Å². The van der Waals surface area contributed by atoms with E-state index in [-0.39, 0.29) is 0 Å². The highest BCUT2D eigenvalue weighted by molar-refractivity contribution is 7.11. The number of benzene rings is 2. The average molecular weight is 299 g/mol. The van der Waals surface area contributed by atoms with E-state index in [4.69, 9.17) is 9.47 Å². The largest absolute Gasteiger partial charge is 0.496 e. The molecule has 2 aromatic carbocycles. The lowest BCUT2D eigenvalue weighted by Gasteiger charge is -2.13. The van der Waals surface area contributed by atoms with Gasteiger partial charge in [0.2, 0.25) is 0 Å². The third-order valence-electron chi connectivity index (χ3n) is 3.29. The Balaban J connectivity index is 2.36. The molecule has 106 valence electrons. The van der Waals surface area contributed by atoms with Crippen molar-refractivity contribution in [1.29, 1.82) is 0 Å². The summed E-state index contributed by atoms with van der Waals surface area (Å²) in [5.74, 6) is 1.42. The molecule has 0 N–H and O–H groups in total. The summed E-state index contributed by atoms with van der Waals surface area (Å²) in [6.07, 6.45) is 0.756. The number of hydrogen-bond acceptors (Lipinski definition) is 5. The van der Waals surface area contributed by atoms with Crippen LogP contribution in [0.5, 0.6) is 11.5 Å². The van der Waals surface area contributed by atoms with E-state index in [0.29, 0.717) is 10.8 Å². The first-order valence-electron chi connectivity index (χ1n) is 6.33. The molecule has 0 aliphatic heterocycles. The average Bonchev–Trinajstić information content (AvgIpc) is 3.01. The number of methoxy groups -OCH3 is 2. The molecule has 1 aromatic heterocycles. The molecule has 0 atom stereocenters. The smallest absolute Gasteiger partial charge is 0.178 e. The molecule has 1 heterocycles. The SMILES string of the molecule is COc1cc(OC)c2ccccc2c1-c1csc(C=O)n1. The van der Waals surface area contributed by atoms with Crippen molar-refractivity contribution in [2.75, 3.05) is 14.2 Å². The molecule has 0 unspecified atom stereocenters. The zero-order valence-corrected chi connectivity index (χ0v) is 12.4. The number of hydrogen-bond donors (Lipinski definition) is 0. The lowest BCUT2D eigenvalue weighted by Crippen LogP contribution is -1.94. The van der Waals surface area contributed by atoms with Crippen LogP contribution in [0.2, 0.25) is 0 Å². The Bertz CT molecular complexity index is 810. The number of rotatable bonds is 4. The van der Waals surface area contributed by atoms with Crippen LogP contribution >= 0.6 is 11.3 Å². The predicted molar refractivity (Wildman–Crippen MR) is 83.5 cm³/mol. The number of fused-ring (bicyclic) bond motifs is 1. The second-order valence-corrected chi connectivity index (χ2v) is 5.28. The number of carbonyl (C=O) groups is 1. The van der Waals surface area contributed by atoms with Gasteiger partial charge >= 0.3 is 0 Å². The van der Waals surface area contributed by atoms with E-state index >= 15 is 0 Å². The minimum atomic E-state index is 0.451. The summed E-state index contributed by atoms with van der Waals surface area (Å²) in [7, 11) is 3.24. The van der Waals surface area contributed by atoms with Crippen molar-refractivity contribution in [1.82, 2.24) is 4.98 Å². The third-order valence-corrected chi connectivity index (χ3v) is 4.06. The summed E-state index contributed by atoms with van der Waals surface area (Å²) in [5, 5.41) is 4.28. The molecule has 5 heteroatoms. The minimum absolute atomic E-state index is 0.451. The fraction of sp³-hybridized carbons (Fsp3) is 0.125. The number of carbonyl (C=O) groups excluding carboxylic acids is 1. The predicted octanol–water partition coefficient (Wildman–Crippen LogP) is 3.79. The number of aldehydes is 1. The summed E-state index contributed by atoms with van der Waals surface area (Å²) < 4.78 is 10.9. The zero-order chi connectivity index (χ0) is 14.8. The fourth-order valence-electron chi connectivity index (χ4n) is 2.37. The lowest BCUT2D eigenvalue weighted by atomic mass is 10.0. The van der Waals surface area contributed by atoms with Crippen LogP contribution in [0.15, 0.2) is 35.7 Å². The fourth-order valence-corrected chi connectivity index (χ4v) is 2.98. The van der Waals surface area contributed by atoms with Crippen molar-refractivity contribution in [3.05, 3.63) is 40.7 Å². The van der Waals surface area contributed by atoms with Crippen molar-refractivity contribution in [3.8, 4) is 22.8 Å². The lowest BCUT2D eigenvalue weighted by molar-refractivity contribution is 0.112. The van der Waals surface area contributed by atoms with E-state index in [1.807, 2.05) is 35.7 Å². The number of ether oxygens (including phenoxy) is 2. The molecule has 0 saturated heterocycles. The second kappa shape index (κ2) is 5.54. The van der Waals surface area contributed by atoms with Crippen molar-refractivity contribution in [2.45, 2.75) is 0 Å². The highest BCUT2D eigenvalue weighted by atomic mass is 32.1. The van der Waals surface area contributed by atoms with Crippen LogP contribution in [0.1, 0.15) is 9.80 Å². The normalized spacial score (nSPS) is 10.6. The van der Waals surface area contributed by atoms with Gasteiger partial charge in [0.05, 0.1) is 25.5 Å². The van der Waals surface area contributed by atoms with E-state index in [0.717, 1.165) is 34.1 Å². The number of aromatic nitrogens is 1. The van der Waals surface area contributed by atoms with Gasteiger partial charge in [-0.3, -0.25) is 4.79 Å². The highest BCUT2D eigenvalue weighted by Crippen LogP contribution is 2.41. The van der Waals surface area contributed by atoms with Gasteiger partial charge in [0.25, 0.3) is 0 Å². The van der Waals surface area contributed by atoms with E-state index in [1.54, 1.807) is 14.2 Å².